The quantitative estimate of drug-likeness (QED) is 0.675. The van der Waals surface area contributed by atoms with E-state index in [1.54, 1.807) is 0 Å². The predicted molar refractivity (Wildman–Crippen MR) is 49.0 cm³/mol. The van der Waals surface area contributed by atoms with Gasteiger partial charge in [0.15, 0.2) is 0 Å². The van der Waals surface area contributed by atoms with Crippen LogP contribution in [0.25, 0.3) is 0 Å². The van der Waals surface area contributed by atoms with Crippen molar-refractivity contribution in [2.75, 3.05) is 13.7 Å². The molecule has 0 aliphatic carbocycles. The second-order valence-electron chi connectivity index (χ2n) is 3.54. The van der Waals surface area contributed by atoms with Crippen molar-refractivity contribution in [1.29, 1.82) is 0 Å². The van der Waals surface area contributed by atoms with E-state index in [0.29, 0.717) is 19.4 Å². The van der Waals surface area contributed by atoms with E-state index in [2.05, 4.69) is 4.74 Å². The normalized spacial score (nSPS) is 15.3. The summed E-state index contributed by atoms with van der Waals surface area (Å²) in [6.07, 6.45) is -2.10. The largest absolute Gasteiger partial charge is 0.469 e. The summed E-state index contributed by atoms with van der Waals surface area (Å²) in [6.45, 7) is 1.87. The lowest BCUT2D eigenvalue weighted by atomic mass is 9.82. The van der Waals surface area contributed by atoms with Gasteiger partial charge in [0.25, 0.3) is 0 Å². The minimum atomic E-state index is -2.50. The first-order valence-electron chi connectivity index (χ1n) is 4.53. The number of hydrogen-bond donors (Lipinski definition) is 1. The molecule has 0 radical (unpaired) electrons. The Morgan fingerprint density at radius 2 is 2.14 bits per heavy atom. The molecule has 0 saturated heterocycles. The van der Waals surface area contributed by atoms with Gasteiger partial charge in [-0.15, -0.1) is 0 Å². The molecule has 0 amide bonds. The van der Waals surface area contributed by atoms with Crippen LogP contribution in [0.3, 0.4) is 0 Å². The Morgan fingerprint density at radius 1 is 1.57 bits per heavy atom. The molecule has 1 unspecified atom stereocenters. The molecule has 84 valence electrons. The van der Waals surface area contributed by atoms with Gasteiger partial charge >= 0.3 is 5.97 Å². The Labute approximate surface area is 82.6 Å². The van der Waals surface area contributed by atoms with E-state index < -0.39 is 24.2 Å². The summed E-state index contributed by atoms with van der Waals surface area (Å²) in [5.41, 5.74) is 4.16. The smallest absolute Gasteiger partial charge is 0.311 e. The molecule has 0 aliphatic rings. The Bertz CT molecular complexity index is 188. The number of hydrogen-bond acceptors (Lipinski definition) is 3. The standard InChI is InChI=1S/C9H17F2NO2/c1-9(4-3-5-12,6-7(10)11)8(13)14-2/h7H,3-6,12H2,1-2H3. The van der Waals surface area contributed by atoms with Crippen LogP contribution >= 0.6 is 0 Å². The molecule has 14 heavy (non-hydrogen) atoms. The molecule has 0 aromatic heterocycles. The Morgan fingerprint density at radius 3 is 2.50 bits per heavy atom. The Kier molecular flexibility index (Phi) is 5.60. The van der Waals surface area contributed by atoms with Crippen molar-refractivity contribution in [1.82, 2.24) is 0 Å². The first-order valence-corrected chi connectivity index (χ1v) is 4.53. The van der Waals surface area contributed by atoms with E-state index in [4.69, 9.17) is 5.73 Å². The topological polar surface area (TPSA) is 52.3 Å². The summed E-state index contributed by atoms with van der Waals surface area (Å²) >= 11 is 0. The van der Waals surface area contributed by atoms with Crippen molar-refractivity contribution < 1.29 is 18.3 Å². The number of nitrogens with two attached hydrogens (primary N) is 1. The van der Waals surface area contributed by atoms with Crippen molar-refractivity contribution in [3.05, 3.63) is 0 Å². The van der Waals surface area contributed by atoms with Crippen LogP contribution in [-0.2, 0) is 9.53 Å². The van der Waals surface area contributed by atoms with Gasteiger partial charge in [0.1, 0.15) is 0 Å². The fraction of sp³-hybridized carbons (Fsp3) is 0.889. The average molecular weight is 209 g/mol. The lowest BCUT2D eigenvalue weighted by Crippen LogP contribution is -2.32. The van der Waals surface area contributed by atoms with Crippen LogP contribution < -0.4 is 5.73 Å². The zero-order valence-corrected chi connectivity index (χ0v) is 8.56. The van der Waals surface area contributed by atoms with Crippen molar-refractivity contribution in [2.24, 2.45) is 11.1 Å². The van der Waals surface area contributed by atoms with Gasteiger partial charge in [-0.3, -0.25) is 4.79 Å². The maximum Gasteiger partial charge on any atom is 0.311 e. The molecule has 1 atom stereocenters. The third-order valence-corrected chi connectivity index (χ3v) is 2.22. The Hall–Kier alpha value is -0.710. The van der Waals surface area contributed by atoms with Gasteiger partial charge in [-0.05, 0) is 26.3 Å². The molecule has 5 heteroatoms. The molecule has 2 N–H and O–H groups in total. The van der Waals surface area contributed by atoms with Crippen LogP contribution in [0.15, 0.2) is 0 Å². The average Bonchev–Trinajstić information content (AvgIpc) is 2.12. The summed E-state index contributed by atoms with van der Waals surface area (Å²) in [7, 11) is 1.20. The van der Waals surface area contributed by atoms with E-state index in [-0.39, 0.29) is 0 Å². The molecule has 0 aliphatic heterocycles. The van der Waals surface area contributed by atoms with E-state index in [9.17, 15) is 13.6 Å². The van der Waals surface area contributed by atoms with Crippen LogP contribution in [0.5, 0.6) is 0 Å². The minimum absolute atomic E-state index is 0.334. The summed E-state index contributed by atoms with van der Waals surface area (Å²) in [4.78, 5) is 11.3. The maximum atomic E-state index is 12.2. The number of carbonyl (C=O) groups is 1. The molecule has 0 aromatic rings. The number of methoxy groups -OCH3 is 1. The monoisotopic (exact) mass is 209 g/mol. The molecule has 0 bridgehead atoms. The SMILES string of the molecule is COC(=O)C(C)(CCCN)CC(F)F. The van der Waals surface area contributed by atoms with Gasteiger partial charge < -0.3 is 10.5 Å². The number of halogens is 2. The first-order chi connectivity index (χ1) is 6.46. The number of carbonyl (C=O) groups excluding carboxylic acids is 1. The zero-order valence-electron chi connectivity index (χ0n) is 8.56. The number of alkyl halides is 2. The summed E-state index contributed by atoms with van der Waals surface area (Å²) < 4.78 is 28.9. The zero-order chi connectivity index (χ0) is 11.2. The highest BCUT2D eigenvalue weighted by Gasteiger charge is 2.36. The molecule has 0 fully saturated rings. The number of rotatable bonds is 6. The fourth-order valence-corrected chi connectivity index (χ4v) is 1.37. The summed E-state index contributed by atoms with van der Waals surface area (Å²) in [5.74, 6) is -0.591. The van der Waals surface area contributed by atoms with Gasteiger partial charge in [-0.25, -0.2) is 8.78 Å². The molecule has 0 heterocycles. The lowest BCUT2D eigenvalue weighted by molar-refractivity contribution is -0.154. The predicted octanol–water partition coefficient (Wildman–Crippen LogP) is 1.56. The molecular formula is C9H17F2NO2. The molecular weight excluding hydrogens is 192 g/mol. The second kappa shape index (κ2) is 5.90. The van der Waals surface area contributed by atoms with Gasteiger partial charge in [-0.2, -0.15) is 0 Å². The van der Waals surface area contributed by atoms with Crippen LogP contribution in [0.4, 0.5) is 8.78 Å². The molecule has 0 spiro atoms. The van der Waals surface area contributed by atoms with E-state index in [1.165, 1.54) is 14.0 Å². The number of esters is 1. The molecule has 0 saturated carbocycles. The number of ether oxygens (including phenoxy) is 1. The van der Waals surface area contributed by atoms with Crippen LogP contribution in [0.1, 0.15) is 26.2 Å². The van der Waals surface area contributed by atoms with E-state index in [1.807, 2.05) is 0 Å². The highest BCUT2D eigenvalue weighted by molar-refractivity contribution is 5.76. The van der Waals surface area contributed by atoms with E-state index in [0.717, 1.165) is 0 Å². The fourth-order valence-electron chi connectivity index (χ4n) is 1.37. The summed E-state index contributed by atoms with van der Waals surface area (Å²) in [5, 5.41) is 0. The molecule has 0 aromatic carbocycles. The third kappa shape index (κ3) is 4.00. The molecule has 3 nitrogen and oxygen atoms in total. The maximum absolute atomic E-state index is 12.2. The van der Waals surface area contributed by atoms with Crippen LogP contribution in [-0.4, -0.2) is 26.0 Å². The Balaban J connectivity index is 4.40. The minimum Gasteiger partial charge on any atom is -0.469 e. The lowest BCUT2D eigenvalue weighted by Gasteiger charge is -2.25. The van der Waals surface area contributed by atoms with E-state index >= 15 is 0 Å². The van der Waals surface area contributed by atoms with Crippen molar-refractivity contribution in [3.8, 4) is 0 Å². The van der Waals surface area contributed by atoms with Gasteiger partial charge in [0, 0.05) is 6.42 Å². The molecule has 0 rings (SSSR count). The first kappa shape index (κ1) is 13.3. The second-order valence-corrected chi connectivity index (χ2v) is 3.54. The van der Waals surface area contributed by atoms with Gasteiger partial charge in [0.2, 0.25) is 6.43 Å². The summed E-state index contributed by atoms with van der Waals surface area (Å²) in [6, 6.07) is 0. The van der Waals surface area contributed by atoms with Crippen LogP contribution in [0.2, 0.25) is 0 Å². The highest BCUT2D eigenvalue weighted by Crippen LogP contribution is 2.31. The van der Waals surface area contributed by atoms with Crippen molar-refractivity contribution in [2.45, 2.75) is 32.6 Å². The van der Waals surface area contributed by atoms with Crippen molar-refractivity contribution >= 4 is 5.97 Å². The van der Waals surface area contributed by atoms with Gasteiger partial charge in [0.05, 0.1) is 12.5 Å². The van der Waals surface area contributed by atoms with Crippen LogP contribution in [0, 0.1) is 5.41 Å². The third-order valence-electron chi connectivity index (χ3n) is 2.22. The van der Waals surface area contributed by atoms with Gasteiger partial charge in [-0.1, -0.05) is 0 Å². The highest BCUT2D eigenvalue weighted by atomic mass is 19.3. The van der Waals surface area contributed by atoms with Crippen molar-refractivity contribution in [3.63, 3.8) is 0 Å².